The molecule has 0 unspecified atom stereocenters. The lowest BCUT2D eigenvalue weighted by Gasteiger charge is -2.37. The molecule has 24 heavy (non-hydrogen) atoms. The van der Waals surface area contributed by atoms with Gasteiger partial charge >= 0.3 is 0 Å². The number of pyridine rings is 1. The van der Waals surface area contributed by atoms with Crippen molar-refractivity contribution in [2.45, 2.75) is 52.4 Å². The van der Waals surface area contributed by atoms with Crippen molar-refractivity contribution in [2.24, 2.45) is 13.0 Å². The van der Waals surface area contributed by atoms with Crippen LogP contribution in [-0.4, -0.2) is 24.9 Å². The van der Waals surface area contributed by atoms with Gasteiger partial charge in [0.1, 0.15) is 0 Å². The second-order valence-electron chi connectivity index (χ2n) is 7.49. The highest BCUT2D eigenvalue weighted by molar-refractivity contribution is 5.92. The first-order chi connectivity index (χ1) is 11.4. The van der Waals surface area contributed by atoms with Gasteiger partial charge < -0.3 is 4.52 Å². The third kappa shape index (κ3) is 2.16. The standard InChI is InChI=1S/C18H23N5O/c1-10-9-13(14-11(2)21-23(5)15(14)19-10)16-20-17(22-24-16)18(3,4)12-7-6-8-12/h9,12H,6-8H2,1-5H3. The van der Waals surface area contributed by atoms with Crippen molar-refractivity contribution in [1.82, 2.24) is 24.9 Å². The van der Waals surface area contributed by atoms with Crippen LogP contribution in [0.5, 0.6) is 0 Å². The van der Waals surface area contributed by atoms with Gasteiger partial charge in [0.05, 0.1) is 16.6 Å². The molecule has 1 aliphatic rings. The van der Waals surface area contributed by atoms with Crippen molar-refractivity contribution in [3.63, 3.8) is 0 Å². The molecule has 3 aromatic rings. The van der Waals surface area contributed by atoms with Crippen LogP contribution in [0, 0.1) is 19.8 Å². The summed E-state index contributed by atoms with van der Waals surface area (Å²) in [5, 5.41) is 9.78. The summed E-state index contributed by atoms with van der Waals surface area (Å²) in [5.74, 6) is 2.00. The Hall–Kier alpha value is -2.24. The molecule has 3 aromatic heterocycles. The number of hydrogen-bond donors (Lipinski definition) is 0. The largest absolute Gasteiger partial charge is 0.334 e. The van der Waals surface area contributed by atoms with Crippen LogP contribution in [0.1, 0.15) is 50.3 Å². The maximum absolute atomic E-state index is 5.66. The fraction of sp³-hybridized carbons (Fsp3) is 0.556. The van der Waals surface area contributed by atoms with Gasteiger partial charge in [-0.3, -0.25) is 4.68 Å². The molecule has 0 atom stereocenters. The Kier molecular flexibility index (Phi) is 3.27. The molecule has 4 rings (SSSR count). The van der Waals surface area contributed by atoms with Crippen LogP contribution < -0.4 is 0 Å². The predicted molar refractivity (Wildman–Crippen MR) is 91.6 cm³/mol. The van der Waals surface area contributed by atoms with Gasteiger partial charge in [0.15, 0.2) is 11.5 Å². The molecule has 0 amide bonds. The highest BCUT2D eigenvalue weighted by atomic mass is 16.5. The molecule has 3 heterocycles. The molecule has 0 spiro atoms. The molecule has 1 aliphatic carbocycles. The highest BCUT2D eigenvalue weighted by Crippen LogP contribution is 2.43. The van der Waals surface area contributed by atoms with E-state index in [2.05, 4.69) is 29.1 Å². The number of aromatic nitrogens is 5. The minimum atomic E-state index is -0.0504. The van der Waals surface area contributed by atoms with Crippen LogP contribution in [0.15, 0.2) is 10.6 Å². The zero-order chi connectivity index (χ0) is 17.1. The molecule has 6 heteroatoms. The molecule has 0 N–H and O–H groups in total. The van der Waals surface area contributed by atoms with Crippen LogP contribution in [0.3, 0.4) is 0 Å². The predicted octanol–water partition coefficient (Wildman–Crippen LogP) is 3.71. The summed E-state index contributed by atoms with van der Waals surface area (Å²) in [4.78, 5) is 9.35. The highest BCUT2D eigenvalue weighted by Gasteiger charge is 2.39. The van der Waals surface area contributed by atoms with Gasteiger partial charge in [-0.1, -0.05) is 25.4 Å². The summed E-state index contributed by atoms with van der Waals surface area (Å²) in [6, 6.07) is 2.00. The van der Waals surface area contributed by atoms with Crippen molar-refractivity contribution in [1.29, 1.82) is 0 Å². The normalized spacial score (nSPS) is 15.9. The molecule has 0 saturated heterocycles. The molecule has 1 fully saturated rings. The first-order valence-electron chi connectivity index (χ1n) is 8.53. The fourth-order valence-corrected chi connectivity index (χ4v) is 3.65. The van der Waals surface area contributed by atoms with Gasteiger partial charge in [-0.25, -0.2) is 4.98 Å². The van der Waals surface area contributed by atoms with E-state index >= 15 is 0 Å². The van der Waals surface area contributed by atoms with Crippen LogP contribution in [0.4, 0.5) is 0 Å². The summed E-state index contributed by atoms with van der Waals surface area (Å²) >= 11 is 0. The zero-order valence-electron chi connectivity index (χ0n) is 14.9. The monoisotopic (exact) mass is 325 g/mol. The Labute approximate surface area is 141 Å². The average Bonchev–Trinajstić information content (AvgIpc) is 3.02. The molecule has 0 aromatic carbocycles. The lowest BCUT2D eigenvalue weighted by molar-refractivity contribution is 0.181. The Morgan fingerprint density at radius 1 is 1.21 bits per heavy atom. The van der Waals surface area contributed by atoms with E-state index in [-0.39, 0.29) is 5.41 Å². The minimum absolute atomic E-state index is 0.0504. The second-order valence-corrected chi connectivity index (χ2v) is 7.49. The Morgan fingerprint density at radius 2 is 1.96 bits per heavy atom. The average molecular weight is 325 g/mol. The maximum atomic E-state index is 5.66. The van der Waals surface area contributed by atoms with E-state index < -0.39 is 0 Å². The summed E-state index contributed by atoms with van der Waals surface area (Å²) < 4.78 is 7.46. The maximum Gasteiger partial charge on any atom is 0.258 e. The van der Waals surface area contributed by atoms with E-state index in [0.29, 0.717) is 11.8 Å². The molecule has 1 saturated carbocycles. The molecule has 0 radical (unpaired) electrons. The Morgan fingerprint density at radius 3 is 2.62 bits per heavy atom. The van der Waals surface area contributed by atoms with Gasteiger partial charge in [0, 0.05) is 18.2 Å². The third-order valence-corrected chi connectivity index (χ3v) is 5.46. The van der Waals surface area contributed by atoms with Crippen LogP contribution in [0.2, 0.25) is 0 Å². The summed E-state index contributed by atoms with van der Waals surface area (Å²) in [6.45, 7) is 8.39. The minimum Gasteiger partial charge on any atom is -0.334 e. The van der Waals surface area contributed by atoms with Gasteiger partial charge in [0.2, 0.25) is 0 Å². The topological polar surface area (TPSA) is 69.6 Å². The van der Waals surface area contributed by atoms with E-state index in [1.807, 2.05) is 27.0 Å². The van der Waals surface area contributed by atoms with Gasteiger partial charge in [-0.2, -0.15) is 10.1 Å². The Balaban J connectivity index is 1.84. The number of aryl methyl sites for hydroxylation is 3. The summed E-state index contributed by atoms with van der Waals surface area (Å²) in [7, 11) is 1.91. The Bertz CT molecular complexity index is 917. The van der Waals surface area contributed by atoms with E-state index in [1.165, 1.54) is 19.3 Å². The third-order valence-electron chi connectivity index (χ3n) is 5.46. The van der Waals surface area contributed by atoms with E-state index in [9.17, 15) is 0 Å². The van der Waals surface area contributed by atoms with Crippen LogP contribution in [0.25, 0.3) is 22.5 Å². The fourth-order valence-electron chi connectivity index (χ4n) is 3.65. The smallest absolute Gasteiger partial charge is 0.258 e. The first-order valence-corrected chi connectivity index (χ1v) is 8.53. The van der Waals surface area contributed by atoms with Crippen molar-refractivity contribution in [2.75, 3.05) is 0 Å². The van der Waals surface area contributed by atoms with Crippen molar-refractivity contribution >= 4 is 11.0 Å². The van der Waals surface area contributed by atoms with Crippen molar-refractivity contribution < 1.29 is 4.52 Å². The quantitative estimate of drug-likeness (QED) is 0.734. The molecular formula is C18H23N5O. The molecular weight excluding hydrogens is 302 g/mol. The van der Waals surface area contributed by atoms with Crippen LogP contribution in [-0.2, 0) is 12.5 Å². The van der Waals surface area contributed by atoms with Crippen molar-refractivity contribution in [3.8, 4) is 11.5 Å². The van der Waals surface area contributed by atoms with E-state index in [0.717, 1.165) is 33.8 Å². The molecule has 0 aliphatic heterocycles. The summed E-state index contributed by atoms with van der Waals surface area (Å²) in [6.07, 6.45) is 3.80. The van der Waals surface area contributed by atoms with Gasteiger partial charge in [-0.05, 0) is 38.7 Å². The van der Waals surface area contributed by atoms with Gasteiger partial charge in [-0.15, -0.1) is 0 Å². The molecule has 6 nitrogen and oxygen atoms in total. The van der Waals surface area contributed by atoms with E-state index in [4.69, 9.17) is 9.51 Å². The second kappa shape index (κ2) is 5.13. The number of hydrogen-bond acceptors (Lipinski definition) is 5. The lowest BCUT2D eigenvalue weighted by Crippen LogP contribution is -2.34. The van der Waals surface area contributed by atoms with Crippen molar-refractivity contribution in [3.05, 3.63) is 23.3 Å². The number of rotatable bonds is 3. The van der Waals surface area contributed by atoms with Gasteiger partial charge in [0.25, 0.3) is 5.89 Å². The zero-order valence-corrected chi connectivity index (χ0v) is 14.9. The molecule has 0 bridgehead atoms. The van der Waals surface area contributed by atoms with Crippen LogP contribution >= 0.6 is 0 Å². The molecule has 126 valence electrons. The lowest BCUT2D eigenvalue weighted by atomic mass is 9.67. The number of nitrogens with zero attached hydrogens (tertiary/aromatic N) is 5. The summed E-state index contributed by atoms with van der Waals surface area (Å²) in [5.41, 5.74) is 3.56. The number of fused-ring (bicyclic) bond motifs is 1. The van der Waals surface area contributed by atoms with E-state index in [1.54, 1.807) is 4.68 Å². The SMILES string of the molecule is Cc1cc(-c2nc(C(C)(C)C3CCC3)no2)c2c(C)nn(C)c2n1. The first kappa shape index (κ1) is 15.3.